The van der Waals surface area contributed by atoms with Crippen LogP contribution >= 0.6 is 11.6 Å². The lowest BCUT2D eigenvalue weighted by Gasteiger charge is -2.42. The number of benzene rings is 2. The molecule has 2 aromatic heterocycles. The number of ether oxygens (including phenoxy) is 2. The molecule has 19 heteroatoms. The molecule has 0 spiro atoms. The summed E-state index contributed by atoms with van der Waals surface area (Å²) in [5.74, 6) is -0.519. The normalized spacial score (nSPS) is 20.1. The van der Waals surface area contributed by atoms with Crippen LogP contribution in [0.15, 0.2) is 60.9 Å². The number of piperazine rings is 1. The molecule has 4 atom stereocenters. The Hall–Kier alpha value is -5.88. The number of alkyl halides is 3. The molecule has 3 fully saturated rings. The van der Waals surface area contributed by atoms with E-state index in [1.807, 2.05) is 39.5 Å². The number of likely N-dealkylation sites (N-methyl/N-ethyl adjacent to an activating group) is 1. The summed E-state index contributed by atoms with van der Waals surface area (Å²) in [5, 5.41) is 12.4. The third-order valence-corrected chi connectivity index (χ3v) is 12.6. The molecule has 65 heavy (non-hydrogen) atoms. The van der Waals surface area contributed by atoms with Crippen LogP contribution in [0.1, 0.15) is 76.1 Å². The highest BCUT2D eigenvalue weighted by Crippen LogP contribution is 2.40. The van der Waals surface area contributed by atoms with Crippen LogP contribution < -0.4 is 15.0 Å². The summed E-state index contributed by atoms with van der Waals surface area (Å²) < 4.78 is 51.4. The highest BCUT2D eigenvalue weighted by atomic mass is 35.5. The van der Waals surface area contributed by atoms with Crippen LogP contribution in [0.5, 0.6) is 5.75 Å². The molecule has 0 radical (unpaired) electrons. The van der Waals surface area contributed by atoms with Gasteiger partial charge in [0.05, 0.1) is 40.4 Å². The molecule has 4 amide bonds. The molecular weight excluding hydrogens is 869 g/mol. The second-order valence-corrected chi connectivity index (χ2v) is 18.6. The van der Waals surface area contributed by atoms with E-state index < -0.39 is 41.6 Å². The summed E-state index contributed by atoms with van der Waals surface area (Å²) in [7, 11) is 1.42. The van der Waals surface area contributed by atoms with E-state index in [1.54, 1.807) is 47.5 Å². The van der Waals surface area contributed by atoms with Gasteiger partial charge in [0.2, 0.25) is 11.8 Å². The van der Waals surface area contributed by atoms with Gasteiger partial charge >= 0.3 is 12.5 Å². The van der Waals surface area contributed by atoms with Gasteiger partial charge in [-0.2, -0.15) is 0 Å². The number of anilines is 2. The SMILES string of the molecule is C[C@H]1C[C@@H](c2ncc(-c3ccc(-c4cc(Cl)c(C(=O)Nc5ccc(N6CCN(C(=O)C(C)(C)C)C[C@H]6C)nc5)cc4OC(F)(F)F)cc3)[nH]2)N(C(=O)[C@H](C2CCOCC2)N(C)C(=O)O)C1. The van der Waals surface area contributed by atoms with Crippen molar-refractivity contribution in [1.29, 1.82) is 0 Å². The number of H-pyrrole nitrogens is 1. The number of carboxylic acid groups (broad SMARTS) is 1. The molecule has 3 N–H and O–H groups in total. The molecule has 5 heterocycles. The number of amides is 4. The molecular formula is C46H54ClF3N8O7. The minimum atomic E-state index is -5.09. The number of carbonyl (C=O) groups excluding carboxylic acids is 3. The summed E-state index contributed by atoms with van der Waals surface area (Å²) >= 11 is 6.59. The monoisotopic (exact) mass is 922 g/mol. The van der Waals surface area contributed by atoms with Crippen LogP contribution in [0.4, 0.5) is 29.5 Å². The molecule has 3 saturated heterocycles. The number of rotatable bonds is 10. The van der Waals surface area contributed by atoms with Gasteiger partial charge in [-0.05, 0) is 73.4 Å². The van der Waals surface area contributed by atoms with Gasteiger partial charge in [0.1, 0.15) is 23.4 Å². The van der Waals surface area contributed by atoms with Gasteiger partial charge in [-0.3, -0.25) is 19.3 Å². The molecule has 3 aliphatic heterocycles. The fourth-order valence-corrected chi connectivity index (χ4v) is 9.23. The molecule has 2 aromatic carbocycles. The van der Waals surface area contributed by atoms with Crippen molar-refractivity contribution in [2.75, 3.05) is 56.7 Å². The van der Waals surface area contributed by atoms with Gasteiger partial charge in [-0.1, -0.05) is 63.6 Å². The fourth-order valence-electron chi connectivity index (χ4n) is 8.98. The van der Waals surface area contributed by atoms with Crippen molar-refractivity contribution in [1.82, 2.24) is 29.7 Å². The Bertz CT molecular complexity index is 2390. The van der Waals surface area contributed by atoms with E-state index in [9.17, 15) is 37.5 Å². The van der Waals surface area contributed by atoms with Crippen molar-refractivity contribution in [2.45, 2.75) is 78.4 Å². The highest BCUT2D eigenvalue weighted by Gasteiger charge is 2.44. The van der Waals surface area contributed by atoms with E-state index in [4.69, 9.17) is 16.3 Å². The first-order chi connectivity index (χ1) is 30.7. The summed E-state index contributed by atoms with van der Waals surface area (Å²) in [6.07, 6.45) is -1.49. The van der Waals surface area contributed by atoms with Crippen LogP contribution in [0.3, 0.4) is 0 Å². The van der Waals surface area contributed by atoms with E-state index in [0.717, 1.165) is 11.0 Å². The summed E-state index contributed by atoms with van der Waals surface area (Å²) in [6, 6.07) is 10.8. The van der Waals surface area contributed by atoms with Gasteiger partial charge in [0.15, 0.2) is 0 Å². The van der Waals surface area contributed by atoms with Crippen molar-refractivity contribution in [3.05, 3.63) is 77.3 Å². The number of nitrogens with one attached hydrogen (secondary N) is 2. The molecule has 3 aliphatic rings. The number of imidazole rings is 1. The zero-order valence-electron chi connectivity index (χ0n) is 37.1. The second-order valence-electron chi connectivity index (χ2n) is 18.2. The number of carbonyl (C=O) groups is 4. The first-order valence-corrected chi connectivity index (χ1v) is 22.0. The van der Waals surface area contributed by atoms with Gasteiger partial charge in [0, 0.05) is 63.5 Å². The first-order valence-electron chi connectivity index (χ1n) is 21.6. The number of hydrogen-bond donors (Lipinski definition) is 3. The topological polar surface area (TPSA) is 174 Å². The molecule has 0 aliphatic carbocycles. The number of likely N-dealkylation sites (tertiary alicyclic amines) is 1. The number of pyridine rings is 1. The average Bonchev–Trinajstić information content (AvgIpc) is 3.91. The van der Waals surface area contributed by atoms with Gasteiger partial charge in [-0.25, -0.2) is 14.8 Å². The quantitative estimate of drug-likeness (QED) is 0.140. The van der Waals surface area contributed by atoms with Crippen LogP contribution in [0.2, 0.25) is 5.02 Å². The Morgan fingerprint density at radius 2 is 1.66 bits per heavy atom. The van der Waals surface area contributed by atoms with E-state index in [0.29, 0.717) is 87.1 Å². The van der Waals surface area contributed by atoms with Gasteiger partial charge < -0.3 is 39.6 Å². The lowest BCUT2D eigenvalue weighted by molar-refractivity contribution is -0.274. The van der Waals surface area contributed by atoms with Crippen molar-refractivity contribution in [3.8, 4) is 28.1 Å². The van der Waals surface area contributed by atoms with E-state index >= 15 is 0 Å². The maximum absolute atomic E-state index is 14.2. The van der Waals surface area contributed by atoms with E-state index in [1.165, 1.54) is 19.3 Å². The average molecular weight is 923 g/mol. The van der Waals surface area contributed by atoms with Crippen LogP contribution in [0.25, 0.3) is 22.4 Å². The summed E-state index contributed by atoms with van der Waals surface area (Å²) in [5.41, 5.74) is 1.09. The lowest BCUT2D eigenvalue weighted by Crippen LogP contribution is -2.56. The Kier molecular flexibility index (Phi) is 13.7. The molecule has 348 valence electrons. The smallest absolute Gasteiger partial charge is 0.465 e. The molecule has 0 unspecified atom stereocenters. The minimum Gasteiger partial charge on any atom is -0.465 e. The van der Waals surface area contributed by atoms with Crippen molar-refractivity contribution >= 4 is 46.9 Å². The second kappa shape index (κ2) is 18.9. The van der Waals surface area contributed by atoms with Crippen molar-refractivity contribution < 1.29 is 46.9 Å². The van der Waals surface area contributed by atoms with Crippen molar-refractivity contribution in [2.24, 2.45) is 17.3 Å². The predicted molar refractivity (Wildman–Crippen MR) is 238 cm³/mol. The zero-order chi connectivity index (χ0) is 47.0. The standard InChI is InChI=1S/C46H54ClF3N8O7/c1-26-19-36(58(24-26)42(60)39(55(6)44(62)63)30-13-17-64-18-14-30)40-52-23-35(54-40)29-9-7-28(8-10-29)32-20-34(47)33(21-37(32)65-46(48,49)50)41(59)53-31-11-12-38(51-22-31)57-16-15-56(25-27(57)2)43(61)45(3,4)5/h7-12,20-23,26-27,30,36,39H,13-19,24-25H2,1-6H3,(H,52,54)(H,53,59)(H,62,63)/t26-,27+,36-,39-/m0/s1. The van der Waals surface area contributed by atoms with E-state index in [2.05, 4.69) is 29.9 Å². The van der Waals surface area contributed by atoms with E-state index in [-0.39, 0.29) is 51.5 Å². The number of aromatic nitrogens is 3. The molecule has 7 rings (SSSR count). The van der Waals surface area contributed by atoms with Crippen LogP contribution in [0, 0.1) is 17.3 Å². The Labute approximate surface area is 380 Å². The van der Waals surface area contributed by atoms with Gasteiger partial charge in [-0.15, -0.1) is 13.2 Å². The molecule has 0 saturated carbocycles. The zero-order valence-corrected chi connectivity index (χ0v) is 37.9. The van der Waals surface area contributed by atoms with Crippen LogP contribution in [-0.4, -0.2) is 123 Å². The number of nitrogens with zero attached hydrogens (tertiary/aromatic N) is 6. The number of aromatic amines is 1. The maximum Gasteiger partial charge on any atom is 0.573 e. The minimum absolute atomic E-state index is 0.00956. The van der Waals surface area contributed by atoms with Gasteiger partial charge in [0.25, 0.3) is 5.91 Å². The molecule has 0 bridgehead atoms. The largest absolute Gasteiger partial charge is 0.573 e. The highest BCUT2D eigenvalue weighted by molar-refractivity contribution is 6.35. The summed E-state index contributed by atoms with van der Waals surface area (Å²) in [4.78, 5) is 71.8. The first kappa shape index (κ1) is 47.1. The fraction of sp³-hybridized carbons (Fsp3) is 0.478. The number of hydrogen-bond acceptors (Lipinski definition) is 9. The lowest BCUT2D eigenvalue weighted by atomic mass is 9.89. The molecule has 4 aromatic rings. The number of halogens is 4. The third kappa shape index (κ3) is 10.6. The maximum atomic E-state index is 14.2. The predicted octanol–water partition coefficient (Wildman–Crippen LogP) is 8.34. The Morgan fingerprint density at radius 1 is 0.969 bits per heavy atom. The molecule has 15 nitrogen and oxygen atoms in total. The van der Waals surface area contributed by atoms with Crippen LogP contribution in [-0.2, 0) is 14.3 Å². The Balaban J connectivity index is 1.06. The van der Waals surface area contributed by atoms with Crippen molar-refractivity contribution in [3.63, 3.8) is 0 Å². The summed E-state index contributed by atoms with van der Waals surface area (Å²) in [6.45, 7) is 12.6. The Morgan fingerprint density at radius 3 is 2.28 bits per heavy atom. The third-order valence-electron chi connectivity index (χ3n) is 12.3.